The van der Waals surface area contributed by atoms with Crippen molar-refractivity contribution in [2.24, 2.45) is 0 Å². The number of nitrogens with zero attached hydrogens (tertiary/aromatic N) is 1. The fraction of sp³-hybridized carbons (Fsp3) is 0.222. The van der Waals surface area contributed by atoms with Gasteiger partial charge in [-0.1, -0.05) is 5.16 Å². The molecule has 80 valence electrons. The van der Waals surface area contributed by atoms with Gasteiger partial charge in [0.25, 0.3) is 0 Å². The lowest BCUT2D eigenvalue weighted by Crippen LogP contribution is -2.04. The number of aromatic nitrogens is 1. The topological polar surface area (TPSA) is 26.0 Å². The summed E-state index contributed by atoms with van der Waals surface area (Å²) in [7, 11) is 0. The Morgan fingerprint density at radius 2 is 2.20 bits per heavy atom. The molecule has 0 saturated carbocycles. The van der Waals surface area contributed by atoms with Gasteiger partial charge in [-0.2, -0.15) is 8.78 Å². The molecule has 0 aliphatic carbocycles. The minimum Gasteiger partial charge on any atom is -0.354 e. The van der Waals surface area contributed by atoms with E-state index in [2.05, 4.69) is 22.3 Å². The standard InChI is InChI=1S/C9H7F2NOS2/c1-9(10,11)7-4-5(12-13-7)6-2-3-8(14)15-6/h2-4,14H,1H3. The van der Waals surface area contributed by atoms with Crippen LogP contribution in [0.3, 0.4) is 0 Å². The second-order valence-electron chi connectivity index (χ2n) is 3.10. The molecule has 0 spiro atoms. The molecule has 0 aromatic carbocycles. The lowest BCUT2D eigenvalue weighted by Gasteiger charge is -2.02. The fourth-order valence-electron chi connectivity index (χ4n) is 1.06. The number of hydrogen-bond donors (Lipinski definition) is 1. The fourth-order valence-corrected chi connectivity index (χ4v) is 2.13. The highest BCUT2D eigenvalue weighted by Crippen LogP contribution is 2.33. The van der Waals surface area contributed by atoms with Gasteiger partial charge in [-0.05, 0) is 12.1 Å². The molecule has 0 aliphatic heterocycles. The van der Waals surface area contributed by atoms with Gasteiger partial charge in [0, 0.05) is 13.0 Å². The highest BCUT2D eigenvalue weighted by molar-refractivity contribution is 7.83. The molecule has 0 aliphatic rings. The minimum absolute atomic E-state index is 0.414. The smallest absolute Gasteiger partial charge is 0.304 e. The summed E-state index contributed by atoms with van der Waals surface area (Å²) in [4.78, 5) is 0.763. The Morgan fingerprint density at radius 3 is 2.67 bits per heavy atom. The van der Waals surface area contributed by atoms with Crippen LogP contribution in [0.4, 0.5) is 8.78 Å². The highest BCUT2D eigenvalue weighted by atomic mass is 32.2. The second-order valence-corrected chi connectivity index (χ2v) is 4.97. The van der Waals surface area contributed by atoms with E-state index >= 15 is 0 Å². The molecular weight excluding hydrogens is 240 g/mol. The van der Waals surface area contributed by atoms with E-state index in [0.29, 0.717) is 5.69 Å². The Bertz CT molecular complexity index is 472. The van der Waals surface area contributed by atoms with Crippen LogP contribution in [0.2, 0.25) is 0 Å². The number of halogens is 2. The van der Waals surface area contributed by atoms with Crippen LogP contribution >= 0.6 is 24.0 Å². The quantitative estimate of drug-likeness (QED) is 0.817. The van der Waals surface area contributed by atoms with Gasteiger partial charge in [-0.25, -0.2) is 0 Å². The van der Waals surface area contributed by atoms with Gasteiger partial charge < -0.3 is 4.52 Å². The molecule has 2 aromatic rings. The van der Waals surface area contributed by atoms with Crippen molar-refractivity contribution in [2.75, 3.05) is 0 Å². The van der Waals surface area contributed by atoms with Gasteiger partial charge >= 0.3 is 5.92 Å². The van der Waals surface area contributed by atoms with E-state index in [9.17, 15) is 8.78 Å². The van der Waals surface area contributed by atoms with Crippen molar-refractivity contribution in [3.63, 3.8) is 0 Å². The molecule has 0 radical (unpaired) electrons. The normalized spacial score (nSPS) is 12.0. The largest absolute Gasteiger partial charge is 0.354 e. The zero-order valence-electron chi connectivity index (χ0n) is 7.70. The molecule has 0 amide bonds. The lowest BCUT2D eigenvalue weighted by atomic mass is 10.2. The maximum Gasteiger partial charge on any atom is 0.304 e. The van der Waals surface area contributed by atoms with E-state index < -0.39 is 11.7 Å². The zero-order chi connectivity index (χ0) is 11.1. The first-order chi connectivity index (χ1) is 6.97. The van der Waals surface area contributed by atoms with Crippen LogP contribution in [-0.2, 0) is 5.92 Å². The number of thiol groups is 1. The third kappa shape index (κ3) is 2.21. The third-order valence-corrected chi connectivity index (χ3v) is 3.12. The van der Waals surface area contributed by atoms with Crippen LogP contribution in [0.1, 0.15) is 12.7 Å². The molecule has 0 atom stereocenters. The minimum atomic E-state index is -2.99. The average Bonchev–Trinajstić information content (AvgIpc) is 2.69. The number of hydrogen-bond acceptors (Lipinski definition) is 4. The Labute approximate surface area is 94.3 Å². The van der Waals surface area contributed by atoms with Crippen LogP contribution < -0.4 is 0 Å². The molecule has 0 saturated heterocycles. The zero-order valence-corrected chi connectivity index (χ0v) is 9.41. The first-order valence-electron chi connectivity index (χ1n) is 4.11. The van der Waals surface area contributed by atoms with Gasteiger partial charge in [-0.15, -0.1) is 24.0 Å². The summed E-state index contributed by atoms with van der Waals surface area (Å²) in [6.07, 6.45) is 0. The van der Waals surface area contributed by atoms with Crippen LogP contribution in [0, 0.1) is 0 Å². The van der Waals surface area contributed by atoms with Gasteiger partial charge in [0.1, 0.15) is 5.69 Å². The summed E-state index contributed by atoms with van der Waals surface area (Å²) in [5.74, 6) is -3.42. The summed E-state index contributed by atoms with van der Waals surface area (Å²) in [5.41, 5.74) is 0.414. The average molecular weight is 247 g/mol. The molecule has 0 bridgehead atoms. The molecule has 0 fully saturated rings. The van der Waals surface area contributed by atoms with Gasteiger partial charge in [0.05, 0.1) is 9.09 Å². The van der Waals surface area contributed by atoms with Gasteiger partial charge in [0.2, 0.25) is 5.76 Å². The number of thiophene rings is 1. The van der Waals surface area contributed by atoms with E-state index in [1.165, 1.54) is 17.4 Å². The maximum atomic E-state index is 12.8. The van der Waals surface area contributed by atoms with E-state index in [1.807, 2.05) is 0 Å². The first-order valence-corrected chi connectivity index (χ1v) is 5.37. The van der Waals surface area contributed by atoms with Crippen molar-refractivity contribution in [2.45, 2.75) is 17.1 Å². The van der Waals surface area contributed by atoms with Crippen LogP contribution in [0.25, 0.3) is 10.6 Å². The summed E-state index contributed by atoms with van der Waals surface area (Å²) in [5, 5.41) is 3.59. The van der Waals surface area contributed by atoms with Crippen LogP contribution in [-0.4, -0.2) is 5.16 Å². The van der Waals surface area contributed by atoms with E-state index in [0.717, 1.165) is 16.0 Å². The maximum absolute atomic E-state index is 12.8. The predicted octanol–water partition coefficient (Wildman–Crippen LogP) is 3.80. The summed E-state index contributed by atoms with van der Waals surface area (Å²) in [6, 6.07) is 4.79. The summed E-state index contributed by atoms with van der Waals surface area (Å²) in [6.45, 7) is 0.774. The van der Waals surface area contributed by atoms with Crippen molar-refractivity contribution in [1.29, 1.82) is 0 Å². The molecule has 15 heavy (non-hydrogen) atoms. The predicted molar refractivity (Wildman–Crippen MR) is 56.6 cm³/mol. The van der Waals surface area contributed by atoms with Crippen molar-refractivity contribution in [3.05, 3.63) is 24.0 Å². The summed E-state index contributed by atoms with van der Waals surface area (Å²) >= 11 is 5.49. The molecule has 0 unspecified atom stereocenters. The van der Waals surface area contributed by atoms with Crippen molar-refractivity contribution < 1.29 is 13.3 Å². The molecule has 2 heterocycles. The van der Waals surface area contributed by atoms with Gasteiger partial charge in [0.15, 0.2) is 0 Å². The van der Waals surface area contributed by atoms with Crippen molar-refractivity contribution in [1.82, 2.24) is 5.16 Å². The molecule has 6 heteroatoms. The molecular formula is C9H7F2NOS2. The Balaban J connectivity index is 2.36. The van der Waals surface area contributed by atoms with Crippen molar-refractivity contribution in [3.8, 4) is 10.6 Å². The van der Waals surface area contributed by atoms with E-state index in [1.54, 1.807) is 12.1 Å². The third-order valence-electron chi connectivity index (χ3n) is 1.79. The molecule has 2 aromatic heterocycles. The van der Waals surface area contributed by atoms with E-state index in [4.69, 9.17) is 0 Å². The Kier molecular flexibility index (Phi) is 2.56. The monoisotopic (exact) mass is 247 g/mol. The molecule has 2 nitrogen and oxygen atoms in total. The Hall–Kier alpha value is -0.880. The van der Waals surface area contributed by atoms with Crippen LogP contribution in [0.5, 0.6) is 0 Å². The molecule has 2 rings (SSSR count). The number of rotatable bonds is 2. The molecule has 0 N–H and O–H groups in total. The SMILES string of the molecule is CC(F)(F)c1cc(-c2ccc(S)s2)no1. The highest BCUT2D eigenvalue weighted by Gasteiger charge is 2.30. The van der Waals surface area contributed by atoms with Crippen LogP contribution in [0.15, 0.2) is 26.9 Å². The first kappa shape index (κ1) is 10.6. The van der Waals surface area contributed by atoms with E-state index in [-0.39, 0.29) is 0 Å². The second kappa shape index (κ2) is 3.61. The number of alkyl halides is 2. The summed E-state index contributed by atoms with van der Waals surface area (Å²) < 4.78 is 31.1. The Morgan fingerprint density at radius 1 is 1.47 bits per heavy atom. The lowest BCUT2D eigenvalue weighted by molar-refractivity contribution is -0.0105. The van der Waals surface area contributed by atoms with Gasteiger partial charge in [-0.3, -0.25) is 0 Å². The van der Waals surface area contributed by atoms with Crippen molar-refractivity contribution >= 4 is 24.0 Å².